The van der Waals surface area contributed by atoms with Gasteiger partial charge in [0.2, 0.25) is 0 Å². The van der Waals surface area contributed by atoms with Crippen LogP contribution >= 0.6 is 0 Å². The van der Waals surface area contributed by atoms with Crippen molar-refractivity contribution < 1.29 is 0 Å². The Morgan fingerprint density at radius 1 is 1.22 bits per heavy atom. The highest BCUT2D eigenvalue weighted by Gasteiger charge is 2.05. The molecule has 0 bridgehead atoms. The van der Waals surface area contributed by atoms with E-state index in [-0.39, 0.29) is 0 Å². The molecule has 2 N–H and O–H groups in total. The summed E-state index contributed by atoms with van der Waals surface area (Å²) in [5, 5.41) is 0. The first-order valence-electron chi connectivity index (χ1n) is 6.21. The third-order valence-corrected chi connectivity index (χ3v) is 2.97. The summed E-state index contributed by atoms with van der Waals surface area (Å²) < 4.78 is 0. The Labute approximate surface area is 108 Å². The van der Waals surface area contributed by atoms with E-state index in [1.807, 2.05) is 18.3 Å². The first-order chi connectivity index (χ1) is 8.69. The van der Waals surface area contributed by atoms with Crippen LogP contribution in [0.15, 0.2) is 42.6 Å². The van der Waals surface area contributed by atoms with Gasteiger partial charge < -0.3 is 10.6 Å². The van der Waals surface area contributed by atoms with Crippen molar-refractivity contribution in [2.75, 3.05) is 17.2 Å². The molecule has 1 aromatic carbocycles. The number of rotatable bonds is 4. The molecule has 3 heteroatoms. The van der Waals surface area contributed by atoms with Gasteiger partial charge in [-0.05, 0) is 43.2 Å². The molecule has 0 aliphatic rings. The van der Waals surface area contributed by atoms with E-state index in [2.05, 4.69) is 48.0 Å². The number of anilines is 2. The van der Waals surface area contributed by atoms with Gasteiger partial charge in [0.25, 0.3) is 0 Å². The van der Waals surface area contributed by atoms with Crippen LogP contribution in [-0.4, -0.2) is 11.5 Å². The standard InChI is InChI=1S/C15H19N3/c1-3-18(14-6-4-5-12(2)9-14)11-13-7-8-15(16)17-10-13/h4-10H,3,11H2,1-2H3,(H2,16,17). The summed E-state index contributed by atoms with van der Waals surface area (Å²) in [7, 11) is 0. The molecule has 0 unspecified atom stereocenters. The molecule has 2 rings (SSSR count). The Morgan fingerprint density at radius 2 is 2.06 bits per heavy atom. The van der Waals surface area contributed by atoms with Gasteiger partial charge in [-0.2, -0.15) is 0 Å². The molecule has 0 fully saturated rings. The van der Waals surface area contributed by atoms with E-state index < -0.39 is 0 Å². The lowest BCUT2D eigenvalue weighted by molar-refractivity contribution is 0.828. The highest BCUT2D eigenvalue weighted by molar-refractivity contribution is 5.49. The van der Waals surface area contributed by atoms with Gasteiger partial charge in [0.05, 0.1) is 0 Å². The number of aromatic nitrogens is 1. The van der Waals surface area contributed by atoms with E-state index in [0.29, 0.717) is 5.82 Å². The normalized spacial score (nSPS) is 10.3. The summed E-state index contributed by atoms with van der Waals surface area (Å²) in [6, 6.07) is 12.4. The van der Waals surface area contributed by atoms with Crippen LogP contribution in [0.1, 0.15) is 18.1 Å². The van der Waals surface area contributed by atoms with Gasteiger partial charge in [-0.1, -0.05) is 18.2 Å². The van der Waals surface area contributed by atoms with Crippen LogP contribution < -0.4 is 10.6 Å². The molecule has 0 saturated carbocycles. The average molecular weight is 241 g/mol. The molecule has 1 heterocycles. The van der Waals surface area contributed by atoms with Crippen molar-refractivity contribution in [1.82, 2.24) is 4.98 Å². The lowest BCUT2D eigenvalue weighted by atomic mass is 10.2. The number of nitrogen functional groups attached to an aromatic ring is 1. The Kier molecular flexibility index (Phi) is 3.82. The third kappa shape index (κ3) is 3.00. The minimum absolute atomic E-state index is 0.567. The van der Waals surface area contributed by atoms with Crippen molar-refractivity contribution in [1.29, 1.82) is 0 Å². The second-order valence-corrected chi connectivity index (χ2v) is 4.44. The Morgan fingerprint density at radius 3 is 2.67 bits per heavy atom. The van der Waals surface area contributed by atoms with Crippen molar-refractivity contribution >= 4 is 11.5 Å². The van der Waals surface area contributed by atoms with Gasteiger partial charge in [0.1, 0.15) is 5.82 Å². The molecular formula is C15H19N3. The van der Waals surface area contributed by atoms with Gasteiger partial charge in [-0.25, -0.2) is 4.98 Å². The molecular weight excluding hydrogens is 222 g/mol. The van der Waals surface area contributed by atoms with E-state index >= 15 is 0 Å². The van der Waals surface area contributed by atoms with Gasteiger partial charge in [-0.3, -0.25) is 0 Å². The molecule has 3 nitrogen and oxygen atoms in total. The summed E-state index contributed by atoms with van der Waals surface area (Å²) >= 11 is 0. The van der Waals surface area contributed by atoms with Crippen molar-refractivity contribution in [2.45, 2.75) is 20.4 Å². The van der Waals surface area contributed by atoms with Crippen LogP contribution in [0.2, 0.25) is 0 Å². The highest BCUT2D eigenvalue weighted by Crippen LogP contribution is 2.18. The van der Waals surface area contributed by atoms with Gasteiger partial charge >= 0.3 is 0 Å². The monoisotopic (exact) mass is 241 g/mol. The van der Waals surface area contributed by atoms with E-state index in [9.17, 15) is 0 Å². The lowest BCUT2D eigenvalue weighted by Crippen LogP contribution is -2.22. The van der Waals surface area contributed by atoms with Gasteiger partial charge in [-0.15, -0.1) is 0 Å². The maximum atomic E-state index is 5.60. The number of nitrogens with two attached hydrogens (primary N) is 1. The predicted molar refractivity (Wildman–Crippen MR) is 76.6 cm³/mol. The van der Waals surface area contributed by atoms with E-state index in [1.165, 1.54) is 16.8 Å². The number of pyridine rings is 1. The molecule has 18 heavy (non-hydrogen) atoms. The summed E-state index contributed by atoms with van der Waals surface area (Å²) in [5.41, 5.74) is 9.29. The molecule has 2 aromatic rings. The minimum Gasteiger partial charge on any atom is -0.384 e. The maximum absolute atomic E-state index is 5.60. The second-order valence-electron chi connectivity index (χ2n) is 4.44. The Balaban J connectivity index is 2.17. The molecule has 0 aliphatic carbocycles. The number of benzene rings is 1. The first kappa shape index (κ1) is 12.4. The lowest BCUT2D eigenvalue weighted by Gasteiger charge is -2.23. The molecule has 0 saturated heterocycles. The van der Waals surface area contributed by atoms with Gasteiger partial charge in [0, 0.05) is 25.0 Å². The molecule has 0 atom stereocenters. The maximum Gasteiger partial charge on any atom is 0.123 e. The van der Waals surface area contributed by atoms with Crippen molar-refractivity contribution in [3.05, 3.63) is 53.7 Å². The zero-order valence-corrected chi connectivity index (χ0v) is 10.9. The number of nitrogens with zero attached hydrogens (tertiary/aromatic N) is 2. The van der Waals surface area contributed by atoms with Gasteiger partial charge in [0.15, 0.2) is 0 Å². The Hall–Kier alpha value is -2.03. The number of aryl methyl sites for hydroxylation is 1. The topological polar surface area (TPSA) is 42.1 Å². The smallest absolute Gasteiger partial charge is 0.123 e. The van der Waals surface area contributed by atoms with Crippen LogP contribution in [0.3, 0.4) is 0 Å². The fourth-order valence-corrected chi connectivity index (χ4v) is 1.96. The molecule has 0 amide bonds. The van der Waals surface area contributed by atoms with Crippen molar-refractivity contribution in [3.63, 3.8) is 0 Å². The molecule has 0 radical (unpaired) electrons. The van der Waals surface area contributed by atoms with E-state index in [0.717, 1.165) is 13.1 Å². The average Bonchev–Trinajstić information content (AvgIpc) is 2.38. The number of hydrogen-bond acceptors (Lipinski definition) is 3. The zero-order valence-electron chi connectivity index (χ0n) is 10.9. The number of hydrogen-bond donors (Lipinski definition) is 1. The largest absolute Gasteiger partial charge is 0.384 e. The quantitative estimate of drug-likeness (QED) is 0.894. The van der Waals surface area contributed by atoms with Crippen LogP contribution in [0.25, 0.3) is 0 Å². The summed E-state index contributed by atoms with van der Waals surface area (Å²) in [6.45, 7) is 6.09. The second kappa shape index (κ2) is 5.54. The molecule has 94 valence electrons. The molecule has 0 spiro atoms. The highest BCUT2D eigenvalue weighted by atomic mass is 15.1. The third-order valence-electron chi connectivity index (χ3n) is 2.97. The SMILES string of the molecule is CCN(Cc1ccc(N)nc1)c1cccc(C)c1. The summed E-state index contributed by atoms with van der Waals surface area (Å²) in [6.07, 6.45) is 1.84. The minimum atomic E-state index is 0.567. The molecule has 0 aliphatic heterocycles. The van der Waals surface area contributed by atoms with Crippen LogP contribution in [0.4, 0.5) is 11.5 Å². The molecule has 1 aromatic heterocycles. The summed E-state index contributed by atoms with van der Waals surface area (Å²) in [4.78, 5) is 6.45. The fraction of sp³-hybridized carbons (Fsp3) is 0.267. The van der Waals surface area contributed by atoms with E-state index in [1.54, 1.807) is 0 Å². The zero-order chi connectivity index (χ0) is 13.0. The van der Waals surface area contributed by atoms with Crippen LogP contribution in [0.5, 0.6) is 0 Å². The predicted octanol–water partition coefficient (Wildman–Crippen LogP) is 3.00. The van der Waals surface area contributed by atoms with Crippen molar-refractivity contribution in [3.8, 4) is 0 Å². The van der Waals surface area contributed by atoms with Crippen molar-refractivity contribution in [2.24, 2.45) is 0 Å². The van der Waals surface area contributed by atoms with Crippen LogP contribution in [0, 0.1) is 6.92 Å². The first-order valence-corrected chi connectivity index (χ1v) is 6.21. The van der Waals surface area contributed by atoms with E-state index in [4.69, 9.17) is 5.73 Å². The van der Waals surface area contributed by atoms with Crippen LogP contribution in [-0.2, 0) is 6.54 Å². The fourth-order valence-electron chi connectivity index (χ4n) is 1.96. The summed E-state index contributed by atoms with van der Waals surface area (Å²) in [5.74, 6) is 0.567. The Bertz CT molecular complexity index is 505.